The van der Waals surface area contributed by atoms with Gasteiger partial charge in [0.25, 0.3) is 5.91 Å². The zero-order chi connectivity index (χ0) is 22.3. The summed E-state index contributed by atoms with van der Waals surface area (Å²) in [4.78, 5) is 40.0. The smallest absolute Gasteiger partial charge is 0.339 e. The molecule has 0 spiro atoms. The minimum atomic E-state index is -0.582. The van der Waals surface area contributed by atoms with E-state index >= 15 is 0 Å². The number of rotatable bonds is 7. The molecule has 0 radical (unpaired) electrons. The van der Waals surface area contributed by atoms with E-state index in [0.717, 1.165) is 37.2 Å². The van der Waals surface area contributed by atoms with Crippen LogP contribution in [0, 0.1) is 0 Å². The molecule has 1 saturated heterocycles. The van der Waals surface area contributed by atoms with Gasteiger partial charge in [0.1, 0.15) is 0 Å². The van der Waals surface area contributed by atoms with E-state index in [1.165, 1.54) is 16.8 Å². The maximum atomic E-state index is 12.6. The zero-order valence-electron chi connectivity index (χ0n) is 17.7. The lowest BCUT2D eigenvalue weighted by atomic mass is 10.1. The van der Waals surface area contributed by atoms with E-state index in [1.807, 2.05) is 41.3 Å². The number of amides is 2. The fourth-order valence-corrected chi connectivity index (χ4v) is 4.65. The predicted molar refractivity (Wildman–Crippen MR) is 123 cm³/mol. The summed E-state index contributed by atoms with van der Waals surface area (Å²) in [6, 6.07) is 16.7. The van der Waals surface area contributed by atoms with Crippen molar-refractivity contribution in [2.75, 3.05) is 32.0 Å². The lowest BCUT2D eigenvalue weighted by Crippen LogP contribution is -2.29. The van der Waals surface area contributed by atoms with Gasteiger partial charge in [-0.25, -0.2) is 9.80 Å². The number of hydrazone groups is 1. The van der Waals surface area contributed by atoms with Crippen LogP contribution in [0.2, 0.25) is 0 Å². The molecule has 2 aromatic carbocycles. The van der Waals surface area contributed by atoms with Gasteiger partial charge in [-0.2, -0.15) is 5.10 Å². The highest BCUT2D eigenvalue weighted by Crippen LogP contribution is 2.24. The number of esters is 1. The first-order valence-corrected chi connectivity index (χ1v) is 11.7. The van der Waals surface area contributed by atoms with Crippen molar-refractivity contribution in [3.8, 4) is 0 Å². The van der Waals surface area contributed by atoms with Crippen molar-refractivity contribution in [2.45, 2.75) is 24.2 Å². The molecule has 1 fully saturated rings. The highest BCUT2D eigenvalue weighted by molar-refractivity contribution is 8.00. The van der Waals surface area contributed by atoms with Gasteiger partial charge < -0.3 is 9.64 Å². The number of benzene rings is 2. The molecule has 32 heavy (non-hydrogen) atoms. The topological polar surface area (TPSA) is 79.3 Å². The van der Waals surface area contributed by atoms with Gasteiger partial charge in [0.2, 0.25) is 5.91 Å². The average molecular weight is 452 g/mol. The van der Waals surface area contributed by atoms with Crippen molar-refractivity contribution in [1.82, 2.24) is 9.91 Å². The molecule has 2 heterocycles. The molecule has 166 valence electrons. The number of carbonyl (C=O) groups excluding carboxylic acids is 3. The summed E-state index contributed by atoms with van der Waals surface area (Å²) in [5.74, 6) is -0.597. The zero-order valence-corrected chi connectivity index (χ0v) is 18.6. The third-order valence-corrected chi connectivity index (χ3v) is 6.50. The molecule has 2 aliphatic rings. The number of thioether (sulfide) groups is 1. The Labute approximate surface area is 191 Å². The first-order chi connectivity index (χ1) is 15.6. The maximum Gasteiger partial charge on any atom is 0.339 e. The highest BCUT2D eigenvalue weighted by Gasteiger charge is 2.24. The van der Waals surface area contributed by atoms with Crippen LogP contribution >= 0.6 is 11.8 Å². The SMILES string of the molecule is O=C(OCC(=O)N1CCC(c2ccccc2)=N1)c1ccccc1SCC(=O)N1CCCC1. The van der Waals surface area contributed by atoms with E-state index in [4.69, 9.17) is 4.74 Å². The Morgan fingerprint density at radius 3 is 2.41 bits per heavy atom. The Morgan fingerprint density at radius 2 is 1.62 bits per heavy atom. The number of ether oxygens (including phenoxy) is 1. The largest absolute Gasteiger partial charge is 0.452 e. The molecule has 2 aromatic rings. The van der Waals surface area contributed by atoms with E-state index < -0.39 is 5.97 Å². The molecule has 0 aliphatic carbocycles. The van der Waals surface area contributed by atoms with Crippen LogP contribution in [0.4, 0.5) is 0 Å². The van der Waals surface area contributed by atoms with Crippen molar-refractivity contribution >= 4 is 35.3 Å². The summed E-state index contributed by atoms with van der Waals surface area (Å²) < 4.78 is 5.28. The quantitative estimate of drug-likeness (QED) is 0.477. The summed E-state index contributed by atoms with van der Waals surface area (Å²) in [6.45, 7) is 1.69. The number of carbonyl (C=O) groups is 3. The van der Waals surface area contributed by atoms with Gasteiger partial charge >= 0.3 is 5.97 Å². The minimum Gasteiger partial charge on any atom is -0.452 e. The number of nitrogens with zero attached hydrogens (tertiary/aromatic N) is 3. The molecule has 0 unspecified atom stereocenters. The van der Waals surface area contributed by atoms with Gasteiger partial charge in [0, 0.05) is 24.4 Å². The monoisotopic (exact) mass is 451 g/mol. The summed E-state index contributed by atoms with van der Waals surface area (Å²) >= 11 is 1.32. The van der Waals surface area contributed by atoms with Crippen molar-refractivity contribution in [2.24, 2.45) is 5.10 Å². The second kappa shape index (κ2) is 10.5. The molecule has 2 aliphatic heterocycles. The van der Waals surface area contributed by atoms with Gasteiger partial charge in [-0.15, -0.1) is 11.8 Å². The number of hydrogen-bond acceptors (Lipinski definition) is 6. The van der Waals surface area contributed by atoms with Crippen molar-refractivity contribution in [3.63, 3.8) is 0 Å². The first kappa shape index (κ1) is 22.1. The number of hydrogen-bond donors (Lipinski definition) is 0. The van der Waals surface area contributed by atoms with Gasteiger partial charge in [-0.1, -0.05) is 42.5 Å². The highest BCUT2D eigenvalue weighted by atomic mass is 32.2. The van der Waals surface area contributed by atoms with Crippen LogP contribution in [0.3, 0.4) is 0 Å². The molecule has 0 N–H and O–H groups in total. The van der Waals surface area contributed by atoms with Gasteiger partial charge in [-0.3, -0.25) is 9.59 Å². The van der Waals surface area contributed by atoms with E-state index in [-0.39, 0.29) is 24.2 Å². The van der Waals surface area contributed by atoms with E-state index in [0.29, 0.717) is 23.4 Å². The Bertz CT molecular complexity index is 1020. The van der Waals surface area contributed by atoms with E-state index in [9.17, 15) is 14.4 Å². The second-order valence-corrected chi connectivity index (χ2v) is 8.65. The maximum absolute atomic E-state index is 12.6. The molecule has 8 heteroatoms. The van der Waals surface area contributed by atoms with E-state index in [2.05, 4.69) is 5.10 Å². The van der Waals surface area contributed by atoms with Crippen LogP contribution in [-0.2, 0) is 14.3 Å². The molecule has 0 aromatic heterocycles. The van der Waals surface area contributed by atoms with Crippen LogP contribution in [0.15, 0.2) is 64.6 Å². The second-order valence-electron chi connectivity index (χ2n) is 7.63. The molecule has 7 nitrogen and oxygen atoms in total. The summed E-state index contributed by atoms with van der Waals surface area (Å²) in [5.41, 5.74) is 2.18. The van der Waals surface area contributed by atoms with Crippen LogP contribution in [0.5, 0.6) is 0 Å². The average Bonchev–Trinajstić information content (AvgIpc) is 3.54. The lowest BCUT2D eigenvalue weighted by Gasteiger charge is -2.15. The van der Waals surface area contributed by atoms with Gasteiger partial charge in [-0.05, 0) is 30.5 Å². The fourth-order valence-electron chi connectivity index (χ4n) is 3.71. The van der Waals surface area contributed by atoms with Crippen molar-refractivity contribution in [1.29, 1.82) is 0 Å². The van der Waals surface area contributed by atoms with E-state index in [1.54, 1.807) is 18.2 Å². The molecular weight excluding hydrogens is 426 g/mol. The van der Waals surface area contributed by atoms with Crippen LogP contribution in [-0.4, -0.2) is 65.4 Å². The summed E-state index contributed by atoms with van der Waals surface area (Å²) in [5, 5.41) is 5.73. The first-order valence-electron chi connectivity index (χ1n) is 10.7. The Hall–Kier alpha value is -3.13. The van der Waals surface area contributed by atoms with Crippen molar-refractivity contribution in [3.05, 3.63) is 65.7 Å². The predicted octanol–water partition coefficient (Wildman–Crippen LogP) is 3.19. The normalized spacial score (nSPS) is 15.6. The van der Waals surface area contributed by atoms with Gasteiger partial charge in [0.15, 0.2) is 6.61 Å². The third-order valence-electron chi connectivity index (χ3n) is 5.44. The van der Waals surface area contributed by atoms with Crippen LogP contribution in [0.25, 0.3) is 0 Å². The number of likely N-dealkylation sites (tertiary alicyclic amines) is 1. The van der Waals surface area contributed by atoms with Crippen LogP contribution in [0.1, 0.15) is 35.2 Å². The summed E-state index contributed by atoms with van der Waals surface area (Å²) in [6.07, 6.45) is 2.75. The minimum absolute atomic E-state index is 0.0759. The molecule has 0 saturated carbocycles. The Balaban J connectivity index is 1.32. The molecular formula is C24H25N3O4S. The Morgan fingerprint density at radius 1 is 0.906 bits per heavy atom. The molecule has 0 bridgehead atoms. The molecule has 0 atom stereocenters. The van der Waals surface area contributed by atoms with Crippen LogP contribution < -0.4 is 0 Å². The fraction of sp³-hybridized carbons (Fsp3) is 0.333. The molecule has 4 rings (SSSR count). The third kappa shape index (κ3) is 5.37. The summed E-state index contributed by atoms with van der Waals surface area (Å²) in [7, 11) is 0. The molecule has 2 amide bonds. The standard InChI is InChI=1S/C24H25N3O4S/c28-22(27-15-12-20(25-27)18-8-2-1-3-9-18)16-31-24(30)19-10-4-5-11-21(19)32-17-23(29)26-13-6-7-14-26/h1-5,8-11H,6-7,12-17H2. The van der Waals surface area contributed by atoms with Gasteiger partial charge in [0.05, 0.1) is 23.6 Å². The Kier molecular flexibility index (Phi) is 7.21. The van der Waals surface area contributed by atoms with Crippen molar-refractivity contribution < 1.29 is 19.1 Å². The lowest BCUT2D eigenvalue weighted by molar-refractivity contribution is -0.134.